The lowest BCUT2D eigenvalue weighted by molar-refractivity contribution is 0.0456. The van der Waals surface area contributed by atoms with Gasteiger partial charge in [-0.15, -0.1) is 0 Å². The summed E-state index contributed by atoms with van der Waals surface area (Å²) in [6, 6.07) is 14.1. The predicted molar refractivity (Wildman–Crippen MR) is 95.8 cm³/mol. The molecule has 2 aromatic carbocycles. The van der Waals surface area contributed by atoms with Gasteiger partial charge in [0.25, 0.3) is 0 Å². The number of alkyl carbamates (subject to hydrolysis) is 1. The summed E-state index contributed by atoms with van der Waals surface area (Å²) < 4.78 is 23.8. The molecule has 0 heterocycles. The first-order valence-electron chi connectivity index (χ1n) is 8.14. The summed E-state index contributed by atoms with van der Waals surface area (Å²) >= 11 is 0. The van der Waals surface area contributed by atoms with Gasteiger partial charge in [-0.25, -0.2) is 9.18 Å². The Hall–Kier alpha value is -2.40. The zero-order chi connectivity index (χ0) is 18.4. The van der Waals surface area contributed by atoms with E-state index in [1.165, 1.54) is 12.1 Å². The maximum atomic E-state index is 13.1. The molecule has 0 aromatic heterocycles. The van der Waals surface area contributed by atoms with Crippen LogP contribution in [-0.4, -0.2) is 25.3 Å². The number of benzene rings is 2. The summed E-state index contributed by atoms with van der Waals surface area (Å²) in [5.41, 5.74) is 2.24. The highest BCUT2D eigenvalue weighted by atomic mass is 19.1. The van der Waals surface area contributed by atoms with Crippen LogP contribution >= 0.6 is 0 Å². The number of rotatable bonds is 5. The summed E-state index contributed by atoms with van der Waals surface area (Å²) in [4.78, 5) is 11.8. The molecular weight excluding hydrogens is 321 g/mol. The Morgan fingerprint density at radius 1 is 1.12 bits per heavy atom. The lowest BCUT2D eigenvalue weighted by atomic mass is 10.0. The van der Waals surface area contributed by atoms with Crippen molar-refractivity contribution in [1.82, 2.24) is 5.32 Å². The second kappa shape index (κ2) is 8.12. The first-order chi connectivity index (χ1) is 11.8. The molecule has 0 saturated heterocycles. The van der Waals surface area contributed by atoms with Gasteiger partial charge in [-0.05, 0) is 55.7 Å². The molecule has 1 atom stereocenters. The van der Waals surface area contributed by atoms with Crippen molar-refractivity contribution >= 4 is 6.09 Å². The van der Waals surface area contributed by atoms with Crippen LogP contribution in [0.25, 0.3) is 11.1 Å². The number of amides is 1. The van der Waals surface area contributed by atoms with Crippen LogP contribution in [0.4, 0.5) is 9.18 Å². The summed E-state index contributed by atoms with van der Waals surface area (Å²) in [5, 5.41) is 2.72. The Labute approximate surface area is 148 Å². The molecule has 25 heavy (non-hydrogen) atoms. The fraction of sp³-hybridized carbons (Fsp3) is 0.350. The zero-order valence-electron chi connectivity index (χ0n) is 15.0. The molecular formula is C20H24FNO3. The van der Waals surface area contributed by atoms with Crippen LogP contribution in [0.3, 0.4) is 0 Å². The van der Waals surface area contributed by atoms with E-state index in [0.29, 0.717) is 0 Å². The Bertz CT molecular complexity index is 708. The predicted octanol–water partition coefficient (Wildman–Crippen LogP) is 4.70. The van der Waals surface area contributed by atoms with Crippen molar-refractivity contribution in [2.45, 2.75) is 32.5 Å². The Morgan fingerprint density at radius 3 is 2.40 bits per heavy atom. The van der Waals surface area contributed by atoms with Crippen molar-refractivity contribution in [2.75, 3.05) is 13.7 Å². The Balaban J connectivity index is 2.09. The van der Waals surface area contributed by atoms with Crippen molar-refractivity contribution in [1.29, 1.82) is 0 Å². The smallest absolute Gasteiger partial charge is 0.407 e. The number of hydrogen-bond donors (Lipinski definition) is 1. The van der Waals surface area contributed by atoms with Crippen molar-refractivity contribution in [2.24, 2.45) is 0 Å². The van der Waals surface area contributed by atoms with Crippen molar-refractivity contribution in [3.05, 3.63) is 59.9 Å². The topological polar surface area (TPSA) is 47.6 Å². The lowest BCUT2D eigenvalue weighted by Crippen LogP contribution is -2.35. The average Bonchev–Trinajstić information content (AvgIpc) is 2.55. The average molecular weight is 345 g/mol. The van der Waals surface area contributed by atoms with E-state index in [0.717, 1.165) is 16.7 Å². The van der Waals surface area contributed by atoms with Crippen LogP contribution < -0.4 is 5.32 Å². The Kier molecular flexibility index (Phi) is 6.15. The van der Waals surface area contributed by atoms with Crippen LogP contribution in [0.15, 0.2) is 48.5 Å². The quantitative estimate of drug-likeness (QED) is 0.854. The molecule has 134 valence electrons. The molecule has 0 aliphatic heterocycles. The van der Waals surface area contributed by atoms with E-state index in [1.54, 1.807) is 19.2 Å². The normalized spacial score (nSPS) is 12.5. The number of nitrogens with one attached hydrogen (secondary N) is 1. The van der Waals surface area contributed by atoms with Gasteiger partial charge in [-0.2, -0.15) is 0 Å². The third kappa shape index (κ3) is 5.87. The number of halogens is 1. The molecule has 1 unspecified atom stereocenters. The monoisotopic (exact) mass is 345 g/mol. The molecule has 0 bridgehead atoms. The second-order valence-electron chi connectivity index (χ2n) is 6.74. The minimum absolute atomic E-state index is 0.267. The number of carbonyl (C=O) groups is 1. The molecule has 1 amide bonds. The van der Waals surface area contributed by atoms with Gasteiger partial charge in [0.15, 0.2) is 0 Å². The van der Waals surface area contributed by atoms with E-state index in [4.69, 9.17) is 9.47 Å². The number of methoxy groups -OCH3 is 1. The van der Waals surface area contributed by atoms with E-state index in [1.807, 2.05) is 45.0 Å². The summed E-state index contributed by atoms with van der Waals surface area (Å²) in [6.45, 7) is 5.73. The zero-order valence-corrected chi connectivity index (χ0v) is 15.0. The molecule has 0 aliphatic carbocycles. The van der Waals surface area contributed by atoms with Gasteiger partial charge >= 0.3 is 6.09 Å². The molecule has 0 radical (unpaired) electrons. The molecule has 0 aliphatic rings. The SMILES string of the molecule is COC(CNC(=O)OC(C)(C)C)c1cccc(-c2ccc(F)cc2)c1. The number of ether oxygens (including phenoxy) is 2. The Morgan fingerprint density at radius 2 is 1.80 bits per heavy atom. The van der Waals surface area contributed by atoms with Crippen LogP contribution in [0.5, 0.6) is 0 Å². The van der Waals surface area contributed by atoms with Gasteiger partial charge in [-0.3, -0.25) is 0 Å². The minimum Gasteiger partial charge on any atom is -0.444 e. The summed E-state index contributed by atoms with van der Waals surface area (Å²) in [5.74, 6) is -0.267. The van der Waals surface area contributed by atoms with Gasteiger partial charge in [0.2, 0.25) is 0 Å². The molecule has 0 saturated carbocycles. The largest absolute Gasteiger partial charge is 0.444 e. The fourth-order valence-electron chi connectivity index (χ4n) is 2.39. The summed E-state index contributed by atoms with van der Waals surface area (Å²) in [7, 11) is 1.59. The van der Waals surface area contributed by atoms with E-state index >= 15 is 0 Å². The molecule has 0 fully saturated rings. The van der Waals surface area contributed by atoms with E-state index < -0.39 is 11.7 Å². The molecule has 2 rings (SSSR count). The highest BCUT2D eigenvalue weighted by molar-refractivity contribution is 5.68. The lowest BCUT2D eigenvalue weighted by Gasteiger charge is -2.22. The number of hydrogen-bond acceptors (Lipinski definition) is 3. The maximum Gasteiger partial charge on any atom is 0.407 e. The van der Waals surface area contributed by atoms with E-state index in [2.05, 4.69) is 5.32 Å². The standard InChI is InChI=1S/C20H24FNO3/c1-20(2,3)25-19(23)22-13-18(24-4)16-7-5-6-15(12-16)14-8-10-17(21)11-9-14/h5-12,18H,13H2,1-4H3,(H,22,23). The van der Waals surface area contributed by atoms with E-state index in [-0.39, 0.29) is 18.5 Å². The van der Waals surface area contributed by atoms with Crippen LogP contribution in [0.1, 0.15) is 32.4 Å². The first-order valence-corrected chi connectivity index (χ1v) is 8.14. The third-order valence-corrected chi connectivity index (χ3v) is 3.55. The van der Waals surface area contributed by atoms with Crippen LogP contribution in [0.2, 0.25) is 0 Å². The van der Waals surface area contributed by atoms with Crippen molar-refractivity contribution in [3.63, 3.8) is 0 Å². The second-order valence-corrected chi connectivity index (χ2v) is 6.74. The molecule has 5 heteroatoms. The van der Waals surface area contributed by atoms with Crippen LogP contribution in [-0.2, 0) is 9.47 Å². The summed E-state index contributed by atoms with van der Waals surface area (Å²) in [6.07, 6.45) is -0.794. The van der Waals surface area contributed by atoms with Gasteiger partial charge in [0.1, 0.15) is 11.4 Å². The maximum absolute atomic E-state index is 13.1. The van der Waals surface area contributed by atoms with E-state index in [9.17, 15) is 9.18 Å². The molecule has 4 nitrogen and oxygen atoms in total. The van der Waals surface area contributed by atoms with Crippen LogP contribution in [0, 0.1) is 5.82 Å². The third-order valence-electron chi connectivity index (χ3n) is 3.55. The molecule has 2 aromatic rings. The van der Waals surface area contributed by atoms with Crippen molar-refractivity contribution < 1.29 is 18.7 Å². The van der Waals surface area contributed by atoms with Gasteiger partial charge in [0.05, 0.1) is 12.6 Å². The highest BCUT2D eigenvalue weighted by Crippen LogP contribution is 2.25. The fourth-order valence-corrected chi connectivity index (χ4v) is 2.39. The first kappa shape index (κ1) is 18.9. The molecule has 0 spiro atoms. The molecule has 1 N–H and O–H groups in total. The van der Waals surface area contributed by atoms with Gasteiger partial charge in [0, 0.05) is 7.11 Å². The van der Waals surface area contributed by atoms with Crippen molar-refractivity contribution in [3.8, 4) is 11.1 Å². The number of carbonyl (C=O) groups excluding carboxylic acids is 1. The minimum atomic E-state index is -0.546. The van der Waals surface area contributed by atoms with Gasteiger partial charge < -0.3 is 14.8 Å². The highest BCUT2D eigenvalue weighted by Gasteiger charge is 2.18. The van der Waals surface area contributed by atoms with Gasteiger partial charge in [-0.1, -0.05) is 30.3 Å².